The normalized spacial score (nSPS) is 14.4. The molecule has 1 fully saturated rings. The van der Waals surface area contributed by atoms with Crippen molar-refractivity contribution in [3.05, 3.63) is 64.8 Å². The van der Waals surface area contributed by atoms with Gasteiger partial charge in [-0.1, -0.05) is 25.9 Å². The Morgan fingerprint density at radius 1 is 1.10 bits per heavy atom. The van der Waals surface area contributed by atoms with Crippen molar-refractivity contribution >= 4 is 39.5 Å². The van der Waals surface area contributed by atoms with Crippen LogP contribution in [0, 0.1) is 12.7 Å². The number of piperazine rings is 1. The van der Waals surface area contributed by atoms with Crippen LogP contribution in [0.15, 0.2) is 35.1 Å². The molecule has 1 aliphatic rings. The van der Waals surface area contributed by atoms with Crippen molar-refractivity contribution in [1.82, 2.24) is 35.7 Å². The summed E-state index contributed by atoms with van der Waals surface area (Å²) in [5.41, 5.74) is 4.89. The molecular weight excluding hydrogens is 664 g/mol. The summed E-state index contributed by atoms with van der Waals surface area (Å²) >= 11 is 0. The molecule has 1 amide bonds. The number of carboxylic acid groups (broad SMARTS) is 1. The summed E-state index contributed by atoms with van der Waals surface area (Å²) in [5, 5.41) is 29.1. The lowest BCUT2D eigenvalue weighted by Gasteiger charge is -2.30. The van der Waals surface area contributed by atoms with Gasteiger partial charge < -0.3 is 35.3 Å². The molecular formula is C33H36F4N8O5. The van der Waals surface area contributed by atoms with Gasteiger partial charge in [-0.3, -0.25) is 4.79 Å². The van der Waals surface area contributed by atoms with E-state index in [4.69, 9.17) is 14.4 Å². The zero-order valence-electron chi connectivity index (χ0n) is 27.9. The molecule has 3 aromatic heterocycles. The predicted octanol–water partition coefficient (Wildman–Crippen LogP) is 4.93. The molecule has 266 valence electrons. The number of aliphatic hydroxyl groups excluding tert-OH is 1. The van der Waals surface area contributed by atoms with Crippen LogP contribution in [0.4, 0.5) is 23.2 Å². The first-order chi connectivity index (χ1) is 23.5. The van der Waals surface area contributed by atoms with Crippen LogP contribution in [0.25, 0.3) is 33.2 Å². The number of aliphatic hydroxyl groups is 1. The summed E-state index contributed by atoms with van der Waals surface area (Å²) in [7, 11) is 0. The molecule has 0 radical (unpaired) electrons. The maximum atomic E-state index is 15.9. The van der Waals surface area contributed by atoms with Crippen molar-refractivity contribution in [2.45, 2.75) is 58.9 Å². The molecule has 1 atom stereocenters. The minimum atomic E-state index is -5.08. The van der Waals surface area contributed by atoms with E-state index in [-0.39, 0.29) is 23.5 Å². The highest BCUT2D eigenvalue weighted by atomic mass is 19.4. The summed E-state index contributed by atoms with van der Waals surface area (Å²) in [6.45, 7) is 12.8. The zero-order valence-corrected chi connectivity index (χ0v) is 27.9. The molecule has 0 saturated carbocycles. The third-order valence-electron chi connectivity index (χ3n) is 8.17. The van der Waals surface area contributed by atoms with Crippen LogP contribution < -0.4 is 15.5 Å². The minimum Gasteiger partial charge on any atom is -0.475 e. The molecule has 13 nitrogen and oxygen atoms in total. The molecule has 2 aromatic carbocycles. The number of benzene rings is 2. The number of nitrogens with one attached hydrogen (secondary N) is 3. The van der Waals surface area contributed by atoms with Gasteiger partial charge in [0.05, 0.1) is 23.7 Å². The number of nitrogens with zero attached hydrogens (tertiary/aromatic N) is 5. The number of hydrogen-bond donors (Lipinski definition) is 5. The molecule has 4 heterocycles. The fourth-order valence-corrected chi connectivity index (χ4v) is 5.63. The van der Waals surface area contributed by atoms with Crippen LogP contribution in [0.5, 0.6) is 0 Å². The fraction of sp³-hybridized carbons (Fsp3) is 0.394. The lowest BCUT2D eigenvalue weighted by Crippen LogP contribution is -2.43. The van der Waals surface area contributed by atoms with E-state index in [2.05, 4.69) is 59.7 Å². The average molecular weight is 701 g/mol. The number of carbonyl (C=O) groups is 2. The van der Waals surface area contributed by atoms with Crippen molar-refractivity contribution < 1.29 is 41.9 Å². The number of alkyl halides is 3. The number of H-pyrrole nitrogens is 1. The summed E-state index contributed by atoms with van der Waals surface area (Å²) in [5.74, 6) is -3.66. The Hall–Kier alpha value is -5.16. The summed E-state index contributed by atoms with van der Waals surface area (Å²) in [6.07, 6.45) is -3.68. The molecule has 0 bridgehead atoms. The second kappa shape index (κ2) is 14.0. The third kappa shape index (κ3) is 7.52. The average Bonchev–Trinajstić information content (AvgIpc) is 3.70. The summed E-state index contributed by atoms with van der Waals surface area (Å²) in [4.78, 5) is 40.6. The van der Waals surface area contributed by atoms with Gasteiger partial charge in [0.2, 0.25) is 0 Å². The summed E-state index contributed by atoms with van der Waals surface area (Å²) < 4.78 is 52.8. The Morgan fingerprint density at radius 3 is 2.38 bits per heavy atom. The highest BCUT2D eigenvalue weighted by molar-refractivity contribution is 6.13. The smallest absolute Gasteiger partial charge is 0.475 e. The quantitative estimate of drug-likeness (QED) is 0.152. The van der Waals surface area contributed by atoms with E-state index in [1.807, 2.05) is 20.8 Å². The van der Waals surface area contributed by atoms with E-state index in [0.717, 1.165) is 48.3 Å². The first-order valence-electron chi connectivity index (χ1n) is 15.6. The van der Waals surface area contributed by atoms with Crippen LogP contribution in [0.3, 0.4) is 0 Å². The molecule has 50 heavy (non-hydrogen) atoms. The number of carbonyl (C=O) groups excluding carboxylic acids is 1. The van der Waals surface area contributed by atoms with Gasteiger partial charge in [-0.05, 0) is 54.8 Å². The molecule has 0 spiro atoms. The number of amides is 1. The molecule has 0 unspecified atom stereocenters. The molecule has 17 heteroatoms. The van der Waals surface area contributed by atoms with Crippen molar-refractivity contribution in [2.75, 3.05) is 31.1 Å². The van der Waals surface area contributed by atoms with Crippen LogP contribution in [0.1, 0.15) is 66.9 Å². The Bertz CT molecular complexity index is 2050. The number of fused-ring (bicyclic) bond motifs is 3. The van der Waals surface area contributed by atoms with E-state index in [1.54, 1.807) is 13.0 Å². The van der Waals surface area contributed by atoms with Gasteiger partial charge in [0.25, 0.3) is 0 Å². The number of rotatable bonds is 6. The lowest BCUT2D eigenvalue weighted by molar-refractivity contribution is -0.192. The van der Waals surface area contributed by atoms with Gasteiger partial charge in [0.15, 0.2) is 5.82 Å². The molecule has 5 N–H and O–H groups in total. The topological polar surface area (TPSA) is 182 Å². The minimum absolute atomic E-state index is 0.183. The van der Waals surface area contributed by atoms with E-state index in [0.29, 0.717) is 33.7 Å². The number of halogens is 4. The zero-order chi connectivity index (χ0) is 36.5. The molecule has 5 aromatic rings. The van der Waals surface area contributed by atoms with Crippen molar-refractivity contribution in [3.8, 4) is 11.3 Å². The van der Waals surface area contributed by atoms with Crippen molar-refractivity contribution in [1.29, 1.82) is 0 Å². The number of anilines is 1. The van der Waals surface area contributed by atoms with Crippen LogP contribution in [-0.4, -0.2) is 79.5 Å². The van der Waals surface area contributed by atoms with E-state index >= 15 is 4.39 Å². The molecule has 1 aliphatic heterocycles. The van der Waals surface area contributed by atoms with Crippen LogP contribution >= 0.6 is 0 Å². The first kappa shape index (κ1) is 36.1. The number of carboxylic acids is 1. The third-order valence-corrected chi connectivity index (χ3v) is 8.17. The molecule has 1 saturated heterocycles. The standard InChI is InChI=1S/C31H35FN8O3.C2HF3O2/c1-16-10-21-23(13-24(16)40-8-6-33-7-9-40)37-27-25(21)26(34-15-35-27)20-11-18(14-41)19(12-22(20)32)17(2)36-28(42)29-38-30(39-43-29)31(3,4)5;3-2(4,5)1(6)7/h10-13,15,17,33,41H,6-9,14H2,1-5H3,(H,36,42)(H,34,35,37);(H,6,7)/t17-;/m1./s1. The lowest BCUT2D eigenvalue weighted by atomic mass is 9.95. The Morgan fingerprint density at radius 2 is 1.78 bits per heavy atom. The SMILES string of the molecule is Cc1cc2c(cc1N1CCNCC1)[nH]c1ncnc(-c3cc(CO)c([C@@H](C)NC(=O)c4nc(C(C)(C)C)no4)cc3F)c12.O=C(O)C(F)(F)F. The highest BCUT2D eigenvalue weighted by Gasteiger charge is 2.38. The Labute approximate surface area is 283 Å². The Kier molecular flexibility index (Phi) is 10.1. The predicted molar refractivity (Wildman–Crippen MR) is 175 cm³/mol. The van der Waals surface area contributed by atoms with Gasteiger partial charge in [-0.15, -0.1) is 0 Å². The summed E-state index contributed by atoms with van der Waals surface area (Å²) in [6, 6.07) is 6.47. The van der Waals surface area contributed by atoms with Crippen molar-refractivity contribution in [3.63, 3.8) is 0 Å². The number of hydrogen-bond acceptors (Lipinski definition) is 10. The largest absolute Gasteiger partial charge is 0.490 e. The highest BCUT2D eigenvalue weighted by Crippen LogP contribution is 2.38. The van der Waals surface area contributed by atoms with Crippen molar-refractivity contribution in [2.24, 2.45) is 0 Å². The maximum Gasteiger partial charge on any atom is 0.490 e. The Balaban J connectivity index is 0.000000630. The first-order valence-corrected chi connectivity index (χ1v) is 15.6. The molecule has 0 aliphatic carbocycles. The van der Waals surface area contributed by atoms with Crippen LogP contribution in [0.2, 0.25) is 0 Å². The van der Waals surface area contributed by atoms with Gasteiger partial charge in [-0.2, -0.15) is 18.2 Å². The number of aliphatic carboxylic acids is 1. The fourth-order valence-electron chi connectivity index (χ4n) is 5.63. The number of aromatic nitrogens is 5. The van der Waals surface area contributed by atoms with Gasteiger partial charge in [0.1, 0.15) is 17.8 Å². The maximum absolute atomic E-state index is 15.9. The monoisotopic (exact) mass is 700 g/mol. The van der Waals surface area contributed by atoms with E-state index < -0.39 is 29.9 Å². The van der Waals surface area contributed by atoms with Crippen LogP contribution in [-0.2, 0) is 16.8 Å². The van der Waals surface area contributed by atoms with Gasteiger partial charge >= 0.3 is 23.9 Å². The van der Waals surface area contributed by atoms with Gasteiger partial charge in [-0.25, -0.2) is 19.2 Å². The second-order valence-electron chi connectivity index (χ2n) is 12.9. The van der Waals surface area contributed by atoms with E-state index in [1.165, 1.54) is 12.4 Å². The van der Waals surface area contributed by atoms with Gasteiger partial charge in [0, 0.05) is 53.7 Å². The number of aromatic amines is 1. The number of aryl methyl sites for hydroxylation is 1. The second-order valence-corrected chi connectivity index (χ2v) is 12.9. The van der Waals surface area contributed by atoms with E-state index in [9.17, 15) is 23.1 Å². The molecule has 6 rings (SSSR count).